The van der Waals surface area contributed by atoms with Crippen LogP contribution in [0.2, 0.25) is 16.9 Å². The fraction of sp³-hybridized carbons (Fsp3) is 1.00. The van der Waals surface area contributed by atoms with Crippen molar-refractivity contribution in [2.45, 2.75) is 167 Å². The third-order valence-corrected chi connectivity index (χ3v) is 12.0. The molecule has 0 aromatic carbocycles. The van der Waals surface area contributed by atoms with Gasteiger partial charge in [0.05, 0.1) is 31.8 Å². The minimum Gasteiger partial charge on any atom is -0.352 e. The third-order valence-electron chi connectivity index (χ3n) is 12.0. The molecule has 0 atom stereocenters. The van der Waals surface area contributed by atoms with Crippen LogP contribution in [-0.4, -0.2) is 91.8 Å². The van der Waals surface area contributed by atoms with Gasteiger partial charge in [-0.3, -0.25) is 9.80 Å². The van der Waals surface area contributed by atoms with Crippen molar-refractivity contribution in [2.24, 2.45) is 10.8 Å². The second-order valence-corrected chi connectivity index (χ2v) is 18.4. The number of likely N-dealkylation sites (tertiary alicyclic amines) is 2. The van der Waals surface area contributed by atoms with E-state index in [9.17, 15) is 0 Å². The summed E-state index contributed by atoms with van der Waals surface area (Å²) in [5, 5.41) is -0.173. The molecule has 0 N–H and O–H groups in total. The van der Waals surface area contributed by atoms with E-state index >= 15 is 0 Å². The molecule has 0 aromatic rings. The lowest BCUT2D eigenvalue weighted by molar-refractivity contribution is -0.323. The number of piperidine rings is 2. The first-order valence-electron chi connectivity index (χ1n) is 16.9. The fourth-order valence-corrected chi connectivity index (χ4v) is 9.40. The molecule has 0 saturated carbocycles. The lowest BCUT2D eigenvalue weighted by Crippen LogP contribution is -2.64. The van der Waals surface area contributed by atoms with Crippen LogP contribution in [0, 0.1) is 10.8 Å². The van der Waals surface area contributed by atoms with Gasteiger partial charge >= 0.3 is 0 Å². The number of ether oxygens (including phenoxy) is 4. The smallest absolute Gasteiger partial charge is 0.162 e. The Labute approximate surface area is 255 Å². The Morgan fingerprint density at radius 2 is 0.927 bits per heavy atom. The molecule has 4 rings (SSSR count). The van der Waals surface area contributed by atoms with Crippen molar-refractivity contribution < 1.29 is 20.3 Å². The van der Waals surface area contributed by atoms with Gasteiger partial charge in [0.25, 0.3) is 0 Å². The van der Waals surface area contributed by atoms with Gasteiger partial charge in [-0.2, -0.15) is 0 Å². The van der Waals surface area contributed by atoms with Crippen LogP contribution in [0.15, 0.2) is 0 Å². The molecular weight excluding hydrogens is 511 g/mol. The van der Waals surface area contributed by atoms with Crippen molar-refractivity contribution in [1.82, 2.24) is 9.80 Å². The van der Waals surface area contributed by atoms with Crippen molar-refractivity contribution in [3.8, 4) is 0 Å². The van der Waals surface area contributed by atoms with Crippen molar-refractivity contribution in [3.05, 3.63) is 0 Å². The largest absolute Gasteiger partial charge is 0.352 e. The minimum atomic E-state index is -0.355. The van der Waals surface area contributed by atoms with E-state index in [1.807, 2.05) is 13.8 Å². The van der Waals surface area contributed by atoms with Gasteiger partial charge < -0.3 is 18.9 Å². The van der Waals surface area contributed by atoms with E-state index in [-0.39, 0.29) is 57.8 Å². The molecule has 4 aliphatic rings. The summed E-state index contributed by atoms with van der Waals surface area (Å²) in [4.78, 5) is 5.22. The molecule has 41 heavy (non-hydrogen) atoms. The zero-order valence-electron chi connectivity index (χ0n) is 30.3. The summed E-state index contributed by atoms with van der Waals surface area (Å²) in [7, 11) is 4.63. The maximum absolute atomic E-state index is 7.89. The predicted molar refractivity (Wildman–Crippen MR) is 171 cm³/mol. The molecular formula is C34H65BN2O4. The predicted octanol–water partition coefficient (Wildman–Crippen LogP) is 7.35. The van der Waals surface area contributed by atoms with Crippen LogP contribution in [-0.2, 0) is 18.9 Å². The Bertz CT molecular complexity index is 871. The Morgan fingerprint density at radius 3 is 1.24 bits per heavy atom. The molecule has 6 nitrogen and oxygen atoms in total. The molecule has 0 amide bonds. The lowest BCUT2D eigenvalue weighted by atomic mass is 9.19. The zero-order chi connectivity index (χ0) is 31.7. The first-order chi connectivity index (χ1) is 19.0. The van der Waals surface area contributed by atoms with E-state index < -0.39 is 0 Å². The summed E-state index contributed by atoms with van der Waals surface area (Å²) in [5.74, 6) is 1.14. The quantitative estimate of drug-likeness (QED) is 0.325. The van der Waals surface area contributed by atoms with Crippen LogP contribution in [0.4, 0.5) is 0 Å². The van der Waals surface area contributed by atoms with Crippen molar-refractivity contribution in [1.29, 1.82) is 0 Å². The summed E-state index contributed by atoms with van der Waals surface area (Å²) >= 11 is 0. The molecule has 0 aliphatic carbocycles. The third kappa shape index (κ3) is 6.47. The highest BCUT2D eigenvalue weighted by Gasteiger charge is 2.59. The number of rotatable bonds is 4. The molecule has 0 unspecified atom stereocenters. The maximum atomic E-state index is 7.89. The van der Waals surface area contributed by atoms with E-state index in [0.29, 0.717) is 44.8 Å². The second kappa shape index (κ2) is 10.7. The minimum absolute atomic E-state index is 0.121. The Hall–Kier alpha value is -0.175. The van der Waals surface area contributed by atoms with Crippen molar-refractivity contribution in [2.75, 3.05) is 40.5 Å². The topological polar surface area (TPSA) is 43.4 Å². The average Bonchev–Trinajstić information content (AvgIpc) is 2.86. The summed E-state index contributed by atoms with van der Waals surface area (Å²) in [6.07, 6.45) is 4.10. The highest BCUT2D eigenvalue weighted by atomic mass is 16.7. The van der Waals surface area contributed by atoms with E-state index in [4.69, 9.17) is 20.3 Å². The number of nitrogens with zero attached hydrogens (tertiary/aromatic N) is 2. The van der Waals surface area contributed by atoms with Crippen LogP contribution in [0.5, 0.6) is 0 Å². The average molecular weight is 579 g/mol. The number of hydrogen-bond donors (Lipinski definition) is 0. The first kappa shape index (κ1) is 32.2. The molecule has 1 spiro atoms. The van der Waals surface area contributed by atoms with Crippen molar-refractivity contribution >= 4 is 6.71 Å². The molecule has 7 heteroatoms. The van der Waals surface area contributed by atoms with Gasteiger partial charge in [0.15, 0.2) is 19.3 Å². The Balaban J connectivity index is 1.60. The maximum Gasteiger partial charge on any atom is 0.162 e. The van der Waals surface area contributed by atoms with Gasteiger partial charge in [-0.15, -0.1) is 0 Å². The number of hydrogen-bond acceptors (Lipinski definition) is 6. The molecule has 0 aromatic heterocycles. The summed E-state index contributed by atoms with van der Waals surface area (Å²) < 4.78 is 33.8. The molecule has 0 radical (unpaired) electrons. The van der Waals surface area contributed by atoms with Crippen LogP contribution in [0.3, 0.4) is 0 Å². The van der Waals surface area contributed by atoms with Gasteiger partial charge in [0, 0.05) is 28.9 Å². The van der Waals surface area contributed by atoms with Gasteiger partial charge in [0.1, 0.15) is 0 Å². The van der Waals surface area contributed by atoms with Gasteiger partial charge in [-0.1, -0.05) is 46.2 Å². The van der Waals surface area contributed by atoms with Gasteiger partial charge in [-0.05, 0) is 100 Å². The molecule has 4 saturated heterocycles. The zero-order valence-corrected chi connectivity index (χ0v) is 29.3. The van der Waals surface area contributed by atoms with Crippen LogP contribution in [0.25, 0.3) is 0 Å². The summed E-state index contributed by atoms with van der Waals surface area (Å²) in [6, 6.07) is 0. The van der Waals surface area contributed by atoms with Crippen LogP contribution >= 0.6 is 0 Å². The fourth-order valence-electron chi connectivity index (χ4n) is 9.40. The van der Waals surface area contributed by atoms with E-state index in [2.05, 4.69) is 93.1 Å². The molecule has 238 valence electrons. The summed E-state index contributed by atoms with van der Waals surface area (Å²) in [5.41, 5.74) is -0.135. The molecule has 0 bridgehead atoms. The molecule has 4 heterocycles. The van der Waals surface area contributed by atoms with Crippen molar-refractivity contribution in [3.63, 3.8) is 0 Å². The van der Waals surface area contributed by atoms with E-state index in [0.717, 1.165) is 0 Å². The van der Waals surface area contributed by atoms with Crippen LogP contribution in [0.1, 0.15) is 117 Å². The highest BCUT2D eigenvalue weighted by molar-refractivity contribution is 6.65. The normalized spacial score (nSPS) is 35.8. The summed E-state index contributed by atoms with van der Waals surface area (Å²) in [6.45, 7) is 31.4. The lowest BCUT2D eigenvalue weighted by Gasteiger charge is -2.61. The second-order valence-electron chi connectivity index (χ2n) is 18.4. The Kier molecular flexibility index (Phi) is 8.43. The standard InChI is InChI=1S/C34H65BN2O4/c1-28(2,3)26-38-20-34(21-39-26)22-40-27(41-23-34)33(12,13)35(24-16-29(4,5)36(14)30(6,7)17-24)25-18-31(8,9)37(15)32(10,11)19-25/h24-27H,16-23H2,1-15H3/i1T. The first-order valence-corrected chi connectivity index (χ1v) is 16.2. The SMILES string of the molecule is [3H]CC(C)(C)C1OCC2(CO1)COC(C(C)(C)B(C1CC(C)(C)N(C)C(C)(C)C1)C1CC(C)(C)N(C)C(C)(C)C1)OC2. The van der Waals surface area contributed by atoms with Crippen LogP contribution < -0.4 is 0 Å². The van der Waals surface area contributed by atoms with E-state index in [1.165, 1.54) is 25.7 Å². The Morgan fingerprint density at radius 1 is 0.610 bits per heavy atom. The van der Waals surface area contributed by atoms with Gasteiger partial charge in [-0.25, -0.2) is 0 Å². The van der Waals surface area contributed by atoms with Gasteiger partial charge in [0.2, 0.25) is 0 Å². The molecule has 4 aliphatic heterocycles. The van der Waals surface area contributed by atoms with E-state index in [1.54, 1.807) is 0 Å². The highest BCUT2D eigenvalue weighted by Crippen LogP contribution is 2.59. The monoisotopic (exact) mass is 579 g/mol. The molecule has 4 fully saturated rings.